The summed E-state index contributed by atoms with van der Waals surface area (Å²) in [5.41, 5.74) is 3.31. The lowest BCUT2D eigenvalue weighted by molar-refractivity contribution is -0.130. The molecule has 0 radical (unpaired) electrons. The van der Waals surface area contributed by atoms with Gasteiger partial charge in [0.2, 0.25) is 5.91 Å². The number of aromatic nitrogens is 4. The van der Waals surface area contributed by atoms with E-state index in [0.717, 1.165) is 23.1 Å². The normalized spacial score (nSPS) is 14.5. The summed E-state index contributed by atoms with van der Waals surface area (Å²) in [5.74, 6) is 0.773. The largest absolute Gasteiger partial charge is 0.593 e. The van der Waals surface area contributed by atoms with Gasteiger partial charge in [-0.3, -0.25) is 14.5 Å². The van der Waals surface area contributed by atoms with Gasteiger partial charge < -0.3 is 14.8 Å². The number of amides is 1. The first-order valence-corrected chi connectivity index (χ1v) is 12.6. The van der Waals surface area contributed by atoms with E-state index in [4.69, 9.17) is 0 Å². The van der Waals surface area contributed by atoms with E-state index in [1.165, 1.54) is 12.3 Å². The lowest BCUT2D eigenvalue weighted by Crippen LogP contribution is -2.29. The summed E-state index contributed by atoms with van der Waals surface area (Å²) in [7, 11) is 1.79. The number of hydrogen-bond donors (Lipinski definition) is 2. The standard InChI is InChI=1S/C24H24FN7O2S/c1-14-19(11-26-12-21(14)30-35(3)34)18-6-15-8-22(27-10-16(15)7-20(18)25)28-23-9-17-4-5-31(2)24(33)13-32(17)29-23/h6-12,30H,4-5,13H2,1-3H3,(H,27,28,29). The Morgan fingerprint density at radius 2 is 1.91 bits per heavy atom. The van der Waals surface area contributed by atoms with Crippen LogP contribution in [0.4, 0.5) is 21.7 Å². The molecule has 0 aliphatic carbocycles. The minimum atomic E-state index is -1.27. The molecule has 3 aromatic heterocycles. The molecule has 0 spiro atoms. The summed E-state index contributed by atoms with van der Waals surface area (Å²) >= 11 is -1.27. The summed E-state index contributed by atoms with van der Waals surface area (Å²) in [4.78, 5) is 22.4. The van der Waals surface area contributed by atoms with Crippen LogP contribution in [0.1, 0.15) is 11.3 Å². The van der Waals surface area contributed by atoms with Gasteiger partial charge in [-0.15, -0.1) is 0 Å². The number of anilines is 3. The highest BCUT2D eigenvalue weighted by atomic mass is 32.2. The smallest absolute Gasteiger partial charge is 0.244 e. The third-order valence-electron chi connectivity index (χ3n) is 6.10. The van der Waals surface area contributed by atoms with Gasteiger partial charge >= 0.3 is 0 Å². The second kappa shape index (κ2) is 9.16. The van der Waals surface area contributed by atoms with Crippen LogP contribution in [0, 0.1) is 12.7 Å². The Morgan fingerprint density at radius 3 is 2.71 bits per heavy atom. The molecule has 4 aromatic rings. The van der Waals surface area contributed by atoms with Crippen LogP contribution in [-0.4, -0.2) is 55.0 Å². The van der Waals surface area contributed by atoms with Crippen LogP contribution >= 0.6 is 0 Å². The Kier molecular flexibility index (Phi) is 6.03. The number of nitrogens with one attached hydrogen (secondary N) is 2. The molecule has 1 aromatic carbocycles. The minimum Gasteiger partial charge on any atom is -0.593 e. The maximum atomic E-state index is 15.1. The topological polar surface area (TPSA) is 111 Å². The first-order valence-electron chi connectivity index (χ1n) is 11.0. The Labute approximate surface area is 204 Å². The number of pyridine rings is 2. The zero-order valence-electron chi connectivity index (χ0n) is 19.5. The molecule has 1 aliphatic rings. The minimum absolute atomic E-state index is 0.0195. The molecular formula is C24H24FN7O2S. The van der Waals surface area contributed by atoms with Crippen LogP contribution in [0.5, 0.6) is 0 Å². The van der Waals surface area contributed by atoms with Gasteiger partial charge in [0.15, 0.2) is 5.82 Å². The molecule has 2 N–H and O–H groups in total. The fraction of sp³-hybridized carbons (Fsp3) is 0.250. The average molecular weight is 494 g/mol. The van der Waals surface area contributed by atoms with Crippen molar-refractivity contribution in [2.75, 3.05) is 29.9 Å². The van der Waals surface area contributed by atoms with E-state index < -0.39 is 17.2 Å². The third-order valence-corrected chi connectivity index (χ3v) is 6.61. The van der Waals surface area contributed by atoms with Gasteiger partial charge in [-0.05, 0) is 36.1 Å². The van der Waals surface area contributed by atoms with Crippen LogP contribution in [0.15, 0.2) is 42.9 Å². The van der Waals surface area contributed by atoms with Crippen molar-refractivity contribution in [2.45, 2.75) is 19.9 Å². The zero-order valence-corrected chi connectivity index (χ0v) is 20.3. The number of rotatable bonds is 5. The van der Waals surface area contributed by atoms with E-state index in [1.54, 1.807) is 41.3 Å². The monoisotopic (exact) mass is 493 g/mol. The van der Waals surface area contributed by atoms with Crippen molar-refractivity contribution >= 4 is 45.4 Å². The zero-order chi connectivity index (χ0) is 24.7. The van der Waals surface area contributed by atoms with Crippen molar-refractivity contribution in [2.24, 2.45) is 0 Å². The van der Waals surface area contributed by atoms with Gasteiger partial charge in [0.05, 0.1) is 17.6 Å². The first-order chi connectivity index (χ1) is 16.8. The van der Waals surface area contributed by atoms with Gasteiger partial charge in [-0.2, -0.15) is 5.10 Å². The molecule has 9 nitrogen and oxygen atoms in total. The lowest BCUT2D eigenvalue weighted by Gasteiger charge is -2.14. The lowest BCUT2D eigenvalue weighted by atomic mass is 9.98. The van der Waals surface area contributed by atoms with Crippen molar-refractivity contribution < 1.29 is 13.7 Å². The predicted molar refractivity (Wildman–Crippen MR) is 134 cm³/mol. The highest BCUT2D eigenvalue weighted by Gasteiger charge is 2.20. The molecular weight excluding hydrogens is 469 g/mol. The quantitative estimate of drug-likeness (QED) is 0.410. The fourth-order valence-corrected chi connectivity index (χ4v) is 4.65. The number of nitrogens with zero attached hydrogens (tertiary/aromatic N) is 5. The van der Waals surface area contributed by atoms with Gasteiger partial charge in [0, 0.05) is 60.7 Å². The maximum Gasteiger partial charge on any atom is 0.244 e. The molecule has 35 heavy (non-hydrogen) atoms. The van der Waals surface area contributed by atoms with Crippen molar-refractivity contribution in [1.29, 1.82) is 0 Å². The molecule has 0 saturated carbocycles. The van der Waals surface area contributed by atoms with Gasteiger partial charge in [0.1, 0.15) is 30.1 Å². The molecule has 11 heteroatoms. The highest BCUT2D eigenvalue weighted by Crippen LogP contribution is 2.33. The van der Waals surface area contributed by atoms with E-state index in [2.05, 4.69) is 25.1 Å². The van der Waals surface area contributed by atoms with Gasteiger partial charge in [-0.1, -0.05) is 0 Å². The van der Waals surface area contributed by atoms with Crippen molar-refractivity contribution in [3.05, 3.63) is 59.9 Å². The van der Waals surface area contributed by atoms with Gasteiger partial charge in [0.25, 0.3) is 0 Å². The van der Waals surface area contributed by atoms with Crippen LogP contribution in [0.3, 0.4) is 0 Å². The second-order valence-electron chi connectivity index (χ2n) is 8.53. The molecule has 0 fully saturated rings. The Balaban J connectivity index is 1.47. The van der Waals surface area contributed by atoms with Crippen molar-refractivity contribution in [1.82, 2.24) is 24.6 Å². The number of benzene rings is 1. The maximum absolute atomic E-state index is 15.1. The van der Waals surface area contributed by atoms with E-state index in [9.17, 15) is 9.35 Å². The van der Waals surface area contributed by atoms with Crippen LogP contribution in [0.25, 0.3) is 21.9 Å². The third kappa shape index (κ3) is 4.64. The number of hydrogen-bond acceptors (Lipinski definition) is 7. The van der Waals surface area contributed by atoms with Crippen molar-refractivity contribution in [3.63, 3.8) is 0 Å². The van der Waals surface area contributed by atoms with Crippen molar-refractivity contribution in [3.8, 4) is 11.1 Å². The van der Waals surface area contributed by atoms with E-state index in [0.29, 0.717) is 40.4 Å². The van der Waals surface area contributed by atoms with E-state index >= 15 is 4.39 Å². The first kappa shape index (κ1) is 23.1. The molecule has 1 amide bonds. The van der Waals surface area contributed by atoms with Crippen LogP contribution in [0.2, 0.25) is 0 Å². The Bertz CT molecular complexity index is 1440. The summed E-state index contributed by atoms with van der Waals surface area (Å²) in [6.07, 6.45) is 7.02. The predicted octanol–water partition coefficient (Wildman–Crippen LogP) is 3.40. The number of likely N-dealkylation sites (N-methyl/N-ethyl adjacent to an activating group) is 1. The molecule has 0 bridgehead atoms. The van der Waals surface area contributed by atoms with Crippen LogP contribution < -0.4 is 10.0 Å². The average Bonchev–Trinajstić information content (AvgIpc) is 3.13. The number of halogens is 1. The molecule has 0 saturated heterocycles. The van der Waals surface area contributed by atoms with E-state index in [-0.39, 0.29) is 12.5 Å². The Hall–Kier alpha value is -3.70. The molecule has 180 valence electrons. The number of fused-ring (bicyclic) bond motifs is 2. The summed E-state index contributed by atoms with van der Waals surface area (Å²) in [6, 6.07) is 6.94. The molecule has 1 unspecified atom stereocenters. The highest BCUT2D eigenvalue weighted by molar-refractivity contribution is 7.92. The fourth-order valence-electron chi connectivity index (χ4n) is 4.14. The summed E-state index contributed by atoms with van der Waals surface area (Å²) in [6.45, 7) is 2.68. The molecule has 5 rings (SSSR count). The van der Waals surface area contributed by atoms with Gasteiger partial charge in [-0.25, -0.2) is 14.1 Å². The summed E-state index contributed by atoms with van der Waals surface area (Å²) < 4.78 is 31.2. The Morgan fingerprint density at radius 1 is 1.09 bits per heavy atom. The molecule has 1 atom stereocenters. The summed E-state index contributed by atoms with van der Waals surface area (Å²) in [5, 5.41) is 9.15. The second-order valence-corrected chi connectivity index (χ2v) is 9.65. The SMILES string of the molecule is Cc1c(N[S+](C)[O-])cncc1-c1cc2cc(Nc3cc4n(n3)CC(=O)N(C)CC4)ncc2cc1F. The number of carbonyl (C=O) groups excluding carboxylic acids is 1. The van der Waals surface area contributed by atoms with Crippen LogP contribution in [-0.2, 0) is 29.1 Å². The molecule has 1 aliphatic heterocycles. The number of carbonyl (C=O) groups is 1. The molecule has 4 heterocycles. The van der Waals surface area contributed by atoms with E-state index in [1.807, 2.05) is 19.1 Å².